The molecule has 0 atom stereocenters. The first-order chi connectivity index (χ1) is 31.8. The summed E-state index contributed by atoms with van der Waals surface area (Å²) in [6.45, 7) is 21.0. The van der Waals surface area contributed by atoms with Crippen LogP contribution in [-0.2, 0) is 19.8 Å². The molecule has 0 amide bonds. The van der Waals surface area contributed by atoms with E-state index in [4.69, 9.17) is 4.99 Å². The summed E-state index contributed by atoms with van der Waals surface area (Å²) in [5.41, 5.74) is 13.3. The van der Waals surface area contributed by atoms with E-state index in [1.807, 2.05) is 60.7 Å². The number of allylic oxidation sites excluding steroid dienone is 2. The molecule has 2 heterocycles. The van der Waals surface area contributed by atoms with E-state index in [9.17, 15) is 0 Å². The van der Waals surface area contributed by atoms with Crippen LogP contribution in [0, 0.1) is 5.41 Å². The van der Waals surface area contributed by atoms with Crippen LogP contribution in [0.5, 0.6) is 0 Å². The van der Waals surface area contributed by atoms with Crippen LogP contribution in [0.4, 0.5) is 0 Å². The zero-order valence-electron chi connectivity index (χ0n) is 37.2. The maximum absolute atomic E-state index is 5.12. The SMILES string of the molecule is C=NC/C(=N/Cn1c2ccccc2c2cc(-c3ccc4c(c3)c3ccccc3n4-c3ccccc3)ccc21)C1=C(N=C)C(C)(C)C=C1.C=NCc1ccccc1.C=NCc1ccccc1. The molecule has 7 heteroatoms. The lowest BCUT2D eigenvalue weighted by molar-refractivity contribution is 0.584. The summed E-state index contributed by atoms with van der Waals surface area (Å²) in [5, 5.41) is 4.91. The Morgan fingerprint density at radius 1 is 0.508 bits per heavy atom. The molecule has 0 spiro atoms. The maximum Gasteiger partial charge on any atom is 0.115 e. The van der Waals surface area contributed by atoms with Crippen molar-refractivity contribution in [3.05, 3.63) is 210 Å². The van der Waals surface area contributed by atoms with Gasteiger partial charge in [0.1, 0.15) is 6.67 Å². The summed E-state index contributed by atoms with van der Waals surface area (Å²) in [4.78, 5) is 21.2. The lowest BCUT2D eigenvalue weighted by Gasteiger charge is -2.18. The van der Waals surface area contributed by atoms with Crippen molar-refractivity contribution in [3.63, 3.8) is 0 Å². The highest BCUT2D eigenvalue weighted by molar-refractivity contribution is 6.12. The fraction of sp³-hybridized carbons (Fsp3) is 0.121. The third kappa shape index (κ3) is 9.36. The molecule has 0 aliphatic heterocycles. The van der Waals surface area contributed by atoms with Gasteiger partial charge in [-0.05, 0) is 97.7 Å². The molecule has 0 radical (unpaired) electrons. The van der Waals surface area contributed by atoms with Gasteiger partial charge in [-0.15, -0.1) is 0 Å². The van der Waals surface area contributed by atoms with E-state index in [2.05, 4.69) is 197 Å². The number of aliphatic imine (C=N–C) groups is 5. The highest BCUT2D eigenvalue weighted by atomic mass is 15.1. The summed E-state index contributed by atoms with van der Waals surface area (Å²) < 4.78 is 4.65. The van der Waals surface area contributed by atoms with Crippen LogP contribution in [0.25, 0.3) is 60.4 Å². The monoisotopic (exact) mass is 847 g/mol. The topological polar surface area (TPSA) is 71.7 Å². The Bertz CT molecular complexity index is 3190. The standard InChI is InChI=1S/C42H35N5.2C8H9N/c1-42(2)23-22-33(41(42)44-4)36(26-43-3)45-27-46-37-16-10-8-14-31(37)34-24-28(18-20-38(34)46)29-19-21-40-35(25-29)32-15-9-11-17-39(32)47(40)30-12-6-5-7-13-30;2*1-9-7-8-5-3-2-4-6-8/h5-25H,3-4,26-27H2,1-2H3;2*2-6H,1,7H2/b45-36-;;. The van der Waals surface area contributed by atoms with Gasteiger partial charge in [0.2, 0.25) is 0 Å². The zero-order chi connectivity index (χ0) is 45.2. The molecular weight excluding hydrogens is 795 g/mol. The van der Waals surface area contributed by atoms with Crippen molar-refractivity contribution in [2.75, 3.05) is 6.54 Å². The number of aromatic nitrogens is 2. The van der Waals surface area contributed by atoms with E-state index in [-0.39, 0.29) is 5.41 Å². The minimum absolute atomic E-state index is 0.193. The molecule has 320 valence electrons. The van der Waals surface area contributed by atoms with Gasteiger partial charge in [-0.3, -0.25) is 25.0 Å². The summed E-state index contributed by atoms with van der Waals surface area (Å²) in [5.74, 6) is 0. The molecule has 10 rings (SSSR count). The van der Waals surface area contributed by atoms with Gasteiger partial charge in [-0.1, -0.05) is 153 Å². The lowest BCUT2D eigenvalue weighted by atomic mass is 9.91. The second-order valence-electron chi connectivity index (χ2n) is 16.4. The molecule has 0 fully saturated rings. The minimum Gasteiger partial charge on any atom is -0.320 e. The Morgan fingerprint density at radius 3 is 1.55 bits per heavy atom. The second kappa shape index (κ2) is 20.0. The van der Waals surface area contributed by atoms with Gasteiger partial charge in [0.15, 0.2) is 0 Å². The minimum atomic E-state index is -0.193. The highest BCUT2D eigenvalue weighted by Gasteiger charge is 2.29. The van der Waals surface area contributed by atoms with E-state index in [0.717, 1.165) is 46.8 Å². The van der Waals surface area contributed by atoms with Crippen molar-refractivity contribution in [1.29, 1.82) is 0 Å². The fourth-order valence-electron chi connectivity index (χ4n) is 8.62. The molecule has 2 aromatic heterocycles. The quantitative estimate of drug-likeness (QED) is 0.110. The van der Waals surface area contributed by atoms with Crippen molar-refractivity contribution < 1.29 is 0 Å². The van der Waals surface area contributed by atoms with E-state index in [1.54, 1.807) is 0 Å². The molecule has 65 heavy (non-hydrogen) atoms. The Kier molecular flexibility index (Phi) is 13.4. The van der Waals surface area contributed by atoms with Crippen LogP contribution in [0.1, 0.15) is 25.0 Å². The average molecular weight is 848 g/mol. The van der Waals surface area contributed by atoms with E-state index in [1.165, 1.54) is 54.8 Å². The van der Waals surface area contributed by atoms with Crippen LogP contribution >= 0.6 is 0 Å². The molecule has 1 aliphatic carbocycles. The molecule has 0 bridgehead atoms. The van der Waals surface area contributed by atoms with Gasteiger partial charge in [0.05, 0.1) is 53.1 Å². The predicted octanol–water partition coefficient (Wildman–Crippen LogP) is 14.0. The normalized spacial score (nSPS) is 13.0. The van der Waals surface area contributed by atoms with E-state index < -0.39 is 0 Å². The molecule has 0 unspecified atom stereocenters. The maximum atomic E-state index is 5.12. The Balaban J connectivity index is 0.000000266. The summed E-state index contributed by atoms with van der Waals surface area (Å²) in [7, 11) is 0. The number of fused-ring (bicyclic) bond motifs is 6. The summed E-state index contributed by atoms with van der Waals surface area (Å²) >= 11 is 0. The summed E-state index contributed by atoms with van der Waals surface area (Å²) in [6, 6.07) is 61.6. The number of hydrogen-bond donors (Lipinski definition) is 0. The molecule has 7 aromatic carbocycles. The Hall–Kier alpha value is -8.03. The third-order valence-electron chi connectivity index (χ3n) is 11.7. The first-order valence-corrected chi connectivity index (χ1v) is 21.7. The van der Waals surface area contributed by atoms with Crippen LogP contribution < -0.4 is 0 Å². The first kappa shape index (κ1) is 43.6. The Labute approximate surface area is 381 Å². The van der Waals surface area contributed by atoms with Crippen molar-refractivity contribution >= 4 is 76.2 Å². The molecule has 0 saturated heterocycles. The Morgan fingerprint density at radius 2 is 0.985 bits per heavy atom. The van der Waals surface area contributed by atoms with Gasteiger partial charge in [0, 0.05) is 38.2 Å². The van der Waals surface area contributed by atoms with Gasteiger partial charge < -0.3 is 9.13 Å². The van der Waals surface area contributed by atoms with E-state index >= 15 is 0 Å². The fourth-order valence-corrected chi connectivity index (χ4v) is 8.62. The van der Waals surface area contributed by atoms with Crippen LogP contribution in [0.15, 0.2) is 224 Å². The van der Waals surface area contributed by atoms with Crippen molar-refractivity contribution in [2.45, 2.75) is 33.6 Å². The molecule has 0 N–H and O–H groups in total. The molecule has 9 aromatic rings. The second-order valence-corrected chi connectivity index (χ2v) is 16.4. The first-order valence-electron chi connectivity index (χ1n) is 21.7. The number of nitrogens with zero attached hydrogens (tertiary/aromatic N) is 7. The van der Waals surface area contributed by atoms with Crippen LogP contribution in [0.2, 0.25) is 0 Å². The highest BCUT2D eigenvalue weighted by Crippen LogP contribution is 2.39. The number of benzene rings is 7. The van der Waals surface area contributed by atoms with E-state index in [0.29, 0.717) is 13.2 Å². The van der Waals surface area contributed by atoms with Crippen molar-refractivity contribution in [2.24, 2.45) is 30.4 Å². The molecule has 1 aliphatic rings. The molecule has 7 nitrogen and oxygen atoms in total. The number of hydrogen-bond acceptors (Lipinski definition) is 5. The van der Waals surface area contributed by atoms with Gasteiger partial charge in [-0.2, -0.15) is 0 Å². The molecule has 0 saturated carbocycles. The van der Waals surface area contributed by atoms with Crippen molar-refractivity contribution in [1.82, 2.24) is 9.13 Å². The zero-order valence-corrected chi connectivity index (χ0v) is 37.2. The van der Waals surface area contributed by atoms with Gasteiger partial charge in [0.25, 0.3) is 0 Å². The third-order valence-corrected chi connectivity index (χ3v) is 11.7. The smallest absolute Gasteiger partial charge is 0.115 e. The lowest BCUT2D eigenvalue weighted by Crippen LogP contribution is -2.13. The predicted molar refractivity (Wildman–Crippen MR) is 280 cm³/mol. The number of rotatable bonds is 12. The van der Waals surface area contributed by atoms with Gasteiger partial charge >= 0.3 is 0 Å². The molecular formula is C58H53N7. The largest absolute Gasteiger partial charge is 0.320 e. The van der Waals surface area contributed by atoms with Crippen molar-refractivity contribution in [3.8, 4) is 16.8 Å². The van der Waals surface area contributed by atoms with Crippen LogP contribution in [0.3, 0.4) is 0 Å². The summed E-state index contributed by atoms with van der Waals surface area (Å²) in [6.07, 6.45) is 4.25. The van der Waals surface area contributed by atoms with Crippen LogP contribution in [-0.4, -0.2) is 48.3 Å². The number of para-hydroxylation sites is 3. The average Bonchev–Trinajstić information content (AvgIpc) is 3.97. The van der Waals surface area contributed by atoms with Gasteiger partial charge in [-0.25, -0.2) is 0 Å².